The van der Waals surface area contributed by atoms with E-state index >= 15 is 0 Å². The Morgan fingerprint density at radius 3 is 2.64 bits per heavy atom. The van der Waals surface area contributed by atoms with Gasteiger partial charge in [-0.15, -0.1) is 0 Å². The van der Waals surface area contributed by atoms with Gasteiger partial charge < -0.3 is 19.2 Å². The van der Waals surface area contributed by atoms with Gasteiger partial charge in [0.05, 0.1) is 26.5 Å². The summed E-state index contributed by atoms with van der Waals surface area (Å²) in [5.74, 6) is 2.01. The molecule has 2 aromatic rings. The van der Waals surface area contributed by atoms with Gasteiger partial charge in [-0.1, -0.05) is 6.42 Å². The van der Waals surface area contributed by atoms with Crippen molar-refractivity contribution in [3.8, 4) is 11.5 Å². The number of hydrogen-bond acceptors (Lipinski definition) is 5. The number of hydrogen-bond donors (Lipinski definition) is 1. The molecule has 1 fully saturated rings. The number of likely N-dealkylation sites (tertiary alicyclic amines) is 1. The molecule has 1 N–H and O–H groups in total. The lowest BCUT2D eigenvalue weighted by molar-refractivity contribution is 0.0991. The molecule has 0 saturated carbocycles. The fourth-order valence-corrected chi connectivity index (χ4v) is 3.01. The second-order valence-electron chi connectivity index (χ2n) is 6.12. The van der Waals surface area contributed by atoms with E-state index < -0.39 is 0 Å². The number of rotatable bonds is 6. The lowest BCUT2D eigenvalue weighted by Gasteiger charge is -2.25. The van der Waals surface area contributed by atoms with Gasteiger partial charge in [0.2, 0.25) is 0 Å². The average molecular weight is 344 g/mol. The Kier molecular flexibility index (Phi) is 5.60. The number of methoxy groups -OCH3 is 2. The van der Waals surface area contributed by atoms with E-state index in [9.17, 15) is 4.79 Å². The van der Waals surface area contributed by atoms with Crippen molar-refractivity contribution in [2.24, 2.45) is 0 Å². The van der Waals surface area contributed by atoms with Crippen LogP contribution in [-0.2, 0) is 6.54 Å². The Hall–Kier alpha value is -2.47. The topological polar surface area (TPSA) is 63.9 Å². The normalized spacial score (nSPS) is 15.0. The summed E-state index contributed by atoms with van der Waals surface area (Å²) in [4.78, 5) is 14.8. The predicted molar refractivity (Wildman–Crippen MR) is 95.3 cm³/mol. The van der Waals surface area contributed by atoms with E-state index in [-0.39, 0.29) is 5.91 Å². The van der Waals surface area contributed by atoms with Gasteiger partial charge in [-0.2, -0.15) is 0 Å². The lowest BCUT2D eigenvalue weighted by atomic mass is 10.1. The highest BCUT2D eigenvalue weighted by atomic mass is 16.5. The third-order valence-corrected chi connectivity index (χ3v) is 4.37. The summed E-state index contributed by atoms with van der Waals surface area (Å²) in [6.45, 7) is 2.93. The van der Waals surface area contributed by atoms with E-state index in [2.05, 4.69) is 10.2 Å². The Morgan fingerprint density at radius 2 is 1.92 bits per heavy atom. The summed E-state index contributed by atoms with van der Waals surface area (Å²) in [6, 6.07) is 8.81. The highest BCUT2D eigenvalue weighted by Gasteiger charge is 2.17. The largest absolute Gasteiger partial charge is 0.497 e. The number of amides is 1. The number of nitrogens with zero attached hydrogens (tertiary/aromatic N) is 1. The summed E-state index contributed by atoms with van der Waals surface area (Å²) in [5.41, 5.74) is 0.572. The minimum Gasteiger partial charge on any atom is -0.497 e. The smallest absolute Gasteiger partial charge is 0.291 e. The molecule has 6 nitrogen and oxygen atoms in total. The number of furan rings is 1. The number of ether oxygens (including phenoxy) is 2. The number of anilines is 1. The minimum atomic E-state index is -0.298. The molecular formula is C19H24N2O4. The van der Waals surface area contributed by atoms with Crippen molar-refractivity contribution in [3.05, 3.63) is 41.9 Å². The monoisotopic (exact) mass is 344 g/mol. The van der Waals surface area contributed by atoms with Gasteiger partial charge in [0, 0.05) is 6.07 Å². The molecule has 1 aliphatic rings. The van der Waals surface area contributed by atoms with Gasteiger partial charge in [0.1, 0.15) is 17.3 Å². The molecule has 1 amide bonds. The minimum absolute atomic E-state index is 0.296. The molecule has 0 spiro atoms. The molecule has 2 heterocycles. The standard InChI is InChI=1S/C19H24N2O4/c1-23-14-6-8-16(18(12-14)24-2)20-19(22)17-9-7-15(25-17)13-21-10-4-3-5-11-21/h6-9,12H,3-5,10-11,13H2,1-2H3,(H,20,22). The zero-order chi connectivity index (χ0) is 17.6. The number of nitrogens with one attached hydrogen (secondary N) is 1. The SMILES string of the molecule is COc1ccc(NC(=O)c2ccc(CN3CCCCC3)o2)c(OC)c1. The number of carbonyl (C=O) groups is 1. The molecule has 1 aromatic carbocycles. The summed E-state index contributed by atoms with van der Waals surface area (Å²) in [7, 11) is 3.13. The Labute approximate surface area is 147 Å². The van der Waals surface area contributed by atoms with Crippen LogP contribution < -0.4 is 14.8 Å². The van der Waals surface area contributed by atoms with Crippen LogP contribution in [0.25, 0.3) is 0 Å². The second kappa shape index (κ2) is 8.07. The summed E-state index contributed by atoms with van der Waals surface area (Å²) >= 11 is 0. The average Bonchev–Trinajstić information content (AvgIpc) is 3.11. The van der Waals surface area contributed by atoms with Crippen LogP contribution in [0.3, 0.4) is 0 Å². The Morgan fingerprint density at radius 1 is 1.12 bits per heavy atom. The van der Waals surface area contributed by atoms with E-state index in [4.69, 9.17) is 13.9 Å². The van der Waals surface area contributed by atoms with E-state index in [0.29, 0.717) is 22.9 Å². The Bertz CT molecular complexity index is 720. The highest BCUT2D eigenvalue weighted by Crippen LogP contribution is 2.29. The molecule has 134 valence electrons. The fourth-order valence-electron chi connectivity index (χ4n) is 3.01. The van der Waals surface area contributed by atoms with Gasteiger partial charge >= 0.3 is 0 Å². The van der Waals surface area contributed by atoms with Crippen molar-refractivity contribution < 1.29 is 18.7 Å². The van der Waals surface area contributed by atoms with Crippen LogP contribution >= 0.6 is 0 Å². The molecule has 0 radical (unpaired) electrons. The van der Waals surface area contributed by atoms with Crippen molar-refractivity contribution >= 4 is 11.6 Å². The van der Waals surface area contributed by atoms with Crippen LogP contribution in [-0.4, -0.2) is 38.1 Å². The van der Waals surface area contributed by atoms with E-state index in [1.165, 1.54) is 19.3 Å². The van der Waals surface area contributed by atoms with Gasteiger partial charge in [0.15, 0.2) is 5.76 Å². The molecule has 0 atom stereocenters. The maximum absolute atomic E-state index is 12.4. The molecular weight excluding hydrogens is 320 g/mol. The van der Waals surface area contributed by atoms with Gasteiger partial charge in [-0.3, -0.25) is 9.69 Å². The Balaban J connectivity index is 1.65. The first-order chi connectivity index (χ1) is 12.2. The number of piperidine rings is 1. The van der Waals surface area contributed by atoms with Crippen LogP contribution in [0.5, 0.6) is 11.5 Å². The zero-order valence-electron chi connectivity index (χ0n) is 14.7. The fraction of sp³-hybridized carbons (Fsp3) is 0.421. The number of benzene rings is 1. The quantitative estimate of drug-likeness (QED) is 0.868. The molecule has 3 rings (SSSR count). The van der Waals surface area contributed by atoms with Gasteiger partial charge in [-0.25, -0.2) is 0 Å². The van der Waals surface area contributed by atoms with Crippen LogP contribution in [0.2, 0.25) is 0 Å². The van der Waals surface area contributed by atoms with Crippen molar-refractivity contribution in [2.75, 3.05) is 32.6 Å². The predicted octanol–water partition coefficient (Wildman–Crippen LogP) is 3.54. The third kappa shape index (κ3) is 4.33. The molecule has 0 aliphatic carbocycles. The lowest BCUT2D eigenvalue weighted by Crippen LogP contribution is -2.28. The molecule has 6 heteroatoms. The third-order valence-electron chi connectivity index (χ3n) is 4.37. The van der Waals surface area contributed by atoms with E-state index in [0.717, 1.165) is 25.4 Å². The van der Waals surface area contributed by atoms with E-state index in [1.54, 1.807) is 38.5 Å². The first-order valence-corrected chi connectivity index (χ1v) is 8.54. The summed E-state index contributed by atoms with van der Waals surface area (Å²) in [6.07, 6.45) is 3.75. The van der Waals surface area contributed by atoms with Crippen molar-refractivity contribution in [3.63, 3.8) is 0 Å². The van der Waals surface area contributed by atoms with Crippen LogP contribution in [0.4, 0.5) is 5.69 Å². The van der Waals surface area contributed by atoms with Crippen molar-refractivity contribution in [1.82, 2.24) is 4.90 Å². The van der Waals surface area contributed by atoms with Crippen LogP contribution in [0, 0.1) is 0 Å². The first kappa shape index (κ1) is 17.4. The molecule has 0 unspecified atom stereocenters. The number of carbonyl (C=O) groups excluding carboxylic acids is 1. The molecule has 1 aromatic heterocycles. The second-order valence-corrected chi connectivity index (χ2v) is 6.12. The maximum Gasteiger partial charge on any atom is 0.291 e. The van der Waals surface area contributed by atoms with Crippen LogP contribution in [0.15, 0.2) is 34.7 Å². The molecule has 0 bridgehead atoms. The maximum atomic E-state index is 12.4. The zero-order valence-corrected chi connectivity index (χ0v) is 14.7. The molecule has 1 aliphatic heterocycles. The van der Waals surface area contributed by atoms with Crippen molar-refractivity contribution in [1.29, 1.82) is 0 Å². The van der Waals surface area contributed by atoms with Crippen LogP contribution in [0.1, 0.15) is 35.6 Å². The highest BCUT2D eigenvalue weighted by molar-refractivity contribution is 6.03. The molecule has 1 saturated heterocycles. The van der Waals surface area contributed by atoms with Crippen molar-refractivity contribution in [2.45, 2.75) is 25.8 Å². The van der Waals surface area contributed by atoms with Gasteiger partial charge in [0.25, 0.3) is 5.91 Å². The molecule has 25 heavy (non-hydrogen) atoms. The first-order valence-electron chi connectivity index (χ1n) is 8.54. The summed E-state index contributed by atoms with van der Waals surface area (Å²) < 4.78 is 16.2. The van der Waals surface area contributed by atoms with Gasteiger partial charge in [-0.05, 0) is 50.2 Å². The summed E-state index contributed by atoms with van der Waals surface area (Å²) in [5, 5.41) is 2.82. The van der Waals surface area contributed by atoms with E-state index in [1.807, 2.05) is 6.07 Å².